The van der Waals surface area contributed by atoms with Crippen LogP contribution in [0.1, 0.15) is 26.5 Å². The van der Waals surface area contributed by atoms with Gasteiger partial charge in [0.15, 0.2) is 0 Å². The zero-order chi connectivity index (χ0) is 13.1. The van der Waals surface area contributed by atoms with Crippen molar-refractivity contribution in [3.8, 4) is 0 Å². The fourth-order valence-corrected chi connectivity index (χ4v) is 1.30. The van der Waals surface area contributed by atoms with E-state index in [0.29, 0.717) is 5.82 Å². The lowest BCUT2D eigenvalue weighted by molar-refractivity contribution is -0.125. The molecule has 0 saturated carbocycles. The number of hydrogen-bond acceptors (Lipinski definition) is 3. The first kappa shape index (κ1) is 14.1. The van der Waals surface area contributed by atoms with Gasteiger partial charge in [-0.15, -0.1) is 0 Å². The molecule has 0 fully saturated rings. The standard InChI is InChI=1S/C12H17BrN2O2/c1-8-9(13)5-6-10(14-8)15-11(16)7-17-12(2,3)4/h5-6H,7H2,1-4H3,(H,14,15,16). The van der Waals surface area contributed by atoms with Gasteiger partial charge in [-0.05, 0) is 55.8 Å². The number of rotatable bonds is 3. The number of aryl methyl sites for hydroxylation is 1. The molecule has 0 aliphatic carbocycles. The molecule has 1 aromatic rings. The molecule has 5 heteroatoms. The maximum atomic E-state index is 11.6. The molecule has 0 atom stereocenters. The average molecular weight is 301 g/mol. The third kappa shape index (κ3) is 5.28. The summed E-state index contributed by atoms with van der Waals surface area (Å²) in [5, 5.41) is 2.69. The number of amides is 1. The summed E-state index contributed by atoms with van der Waals surface area (Å²) < 4.78 is 6.29. The molecule has 1 rings (SSSR count). The first-order chi connectivity index (χ1) is 7.78. The smallest absolute Gasteiger partial charge is 0.251 e. The van der Waals surface area contributed by atoms with Crippen molar-refractivity contribution in [2.24, 2.45) is 0 Å². The molecular weight excluding hydrogens is 284 g/mol. The molecule has 0 bridgehead atoms. The number of aromatic nitrogens is 1. The Labute approximate surface area is 110 Å². The van der Waals surface area contributed by atoms with Gasteiger partial charge in [0.2, 0.25) is 0 Å². The predicted molar refractivity (Wildman–Crippen MR) is 71.0 cm³/mol. The van der Waals surface area contributed by atoms with E-state index in [1.54, 1.807) is 6.07 Å². The number of halogens is 1. The second kappa shape index (κ2) is 5.60. The van der Waals surface area contributed by atoms with Gasteiger partial charge in [0, 0.05) is 4.47 Å². The van der Waals surface area contributed by atoms with E-state index in [1.165, 1.54) is 0 Å². The van der Waals surface area contributed by atoms with E-state index in [4.69, 9.17) is 4.74 Å². The number of carbonyl (C=O) groups is 1. The molecular formula is C12H17BrN2O2. The number of pyridine rings is 1. The van der Waals surface area contributed by atoms with E-state index in [2.05, 4.69) is 26.2 Å². The molecule has 1 amide bonds. The maximum Gasteiger partial charge on any atom is 0.251 e. The Morgan fingerprint density at radius 3 is 2.65 bits per heavy atom. The van der Waals surface area contributed by atoms with Crippen LogP contribution in [0, 0.1) is 6.92 Å². The van der Waals surface area contributed by atoms with Gasteiger partial charge in [-0.1, -0.05) is 0 Å². The van der Waals surface area contributed by atoms with Gasteiger partial charge in [-0.2, -0.15) is 0 Å². The summed E-state index contributed by atoms with van der Waals surface area (Å²) in [4.78, 5) is 15.8. The van der Waals surface area contributed by atoms with Crippen LogP contribution in [-0.4, -0.2) is 23.1 Å². The van der Waals surface area contributed by atoms with Crippen molar-refractivity contribution in [1.82, 2.24) is 4.98 Å². The Balaban J connectivity index is 2.54. The van der Waals surface area contributed by atoms with Gasteiger partial charge in [-0.3, -0.25) is 4.79 Å². The van der Waals surface area contributed by atoms with Crippen LogP contribution in [0.15, 0.2) is 16.6 Å². The first-order valence-corrected chi connectivity index (χ1v) is 6.14. The Hall–Kier alpha value is -0.940. The summed E-state index contributed by atoms with van der Waals surface area (Å²) in [6.07, 6.45) is 0. The highest BCUT2D eigenvalue weighted by molar-refractivity contribution is 9.10. The van der Waals surface area contributed by atoms with Gasteiger partial charge >= 0.3 is 0 Å². The van der Waals surface area contributed by atoms with Crippen LogP contribution in [0.25, 0.3) is 0 Å². The third-order valence-electron chi connectivity index (χ3n) is 1.93. The van der Waals surface area contributed by atoms with Crippen LogP contribution in [0.4, 0.5) is 5.82 Å². The normalized spacial score (nSPS) is 11.4. The van der Waals surface area contributed by atoms with Crippen LogP contribution in [0.3, 0.4) is 0 Å². The SMILES string of the molecule is Cc1nc(NC(=O)COC(C)(C)C)ccc1Br. The molecule has 0 aliphatic heterocycles. The van der Waals surface area contributed by atoms with Gasteiger partial charge < -0.3 is 10.1 Å². The highest BCUT2D eigenvalue weighted by Crippen LogP contribution is 2.16. The largest absolute Gasteiger partial charge is 0.366 e. The summed E-state index contributed by atoms with van der Waals surface area (Å²) in [5.41, 5.74) is 0.514. The number of anilines is 1. The Kier molecular flexibility index (Phi) is 4.65. The van der Waals surface area contributed by atoms with Crippen molar-refractivity contribution in [3.05, 3.63) is 22.3 Å². The Morgan fingerprint density at radius 1 is 1.47 bits per heavy atom. The van der Waals surface area contributed by atoms with E-state index in [9.17, 15) is 4.79 Å². The Bertz CT molecular complexity index is 413. The maximum absolute atomic E-state index is 11.6. The monoisotopic (exact) mass is 300 g/mol. The summed E-state index contributed by atoms with van der Waals surface area (Å²) in [6, 6.07) is 3.59. The summed E-state index contributed by atoms with van der Waals surface area (Å²) in [6.45, 7) is 7.61. The molecule has 1 N–H and O–H groups in total. The van der Waals surface area contributed by atoms with Crippen molar-refractivity contribution in [1.29, 1.82) is 0 Å². The molecule has 4 nitrogen and oxygen atoms in total. The lowest BCUT2D eigenvalue weighted by atomic mass is 10.2. The van der Waals surface area contributed by atoms with Crippen molar-refractivity contribution >= 4 is 27.7 Å². The fourth-order valence-electron chi connectivity index (χ4n) is 1.07. The van der Waals surface area contributed by atoms with E-state index >= 15 is 0 Å². The molecule has 0 radical (unpaired) electrons. The van der Waals surface area contributed by atoms with Gasteiger partial charge in [-0.25, -0.2) is 4.98 Å². The highest BCUT2D eigenvalue weighted by Gasteiger charge is 2.13. The van der Waals surface area contributed by atoms with Crippen LogP contribution in [0.5, 0.6) is 0 Å². The molecule has 1 aromatic heterocycles. The molecule has 0 aliphatic rings. The average Bonchev–Trinajstić information content (AvgIpc) is 2.20. The molecule has 94 valence electrons. The summed E-state index contributed by atoms with van der Waals surface area (Å²) in [7, 11) is 0. The second-order valence-electron chi connectivity index (χ2n) is 4.71. The van der Waals surface area contributed by atoms with Crippen molar-refractivity contribution in [2.75, 3.05) is 11.9 Å². The van der Waals surface area contributed by atoms with Crippen LogP contribution in [-0.2, 0) is 9.53 Å². The zero-order valence-corrected chi connectivity index (χ0v) is 12.1. The van der Waals surface area contributed by atoms with Crippen molar-refractivity contribution in [3.63, 3.8) is 0 Å². The van der Waals surface area contributed by atoms with Crippen LogP contribution in [0.2, 0.25) is 0 Å². The highest BCUT2D eigenvalue weighted by atomic mass is 79.9. The molecule has 17 heavy (non-hydrogen) atoms. The van der Waals surface area contributed by atoms with E-state index in [1.807, 2.05) is 33.8 Å². The number of hydrogen-bond donors (Lipinski definition) is 1. The van der Waals surface area contributed by atoms with Gasteiger partial charge in [0.25, 0.3) is 5.91 Å². The lowest BCUT2D eigenvalue weighted by Gasteiger charge is -2.18. The summed E-state index contributed by atoms with van der Waals surface area (Å²) in [5.74, 6) is 0.336. The quantitative estimate of drug-likeness (QED) is 0.934. The fraction of sp³-hybridized carbons (Fsp3) is 0.500. The Morgan fingerprint density at radius 2 is 2.12 bits per heavy atom. The first-order valence-electron chi connectivity index (χ1n) is 5.35. The minimum Gasteiger partial charge on any atom is -0.366 e. The minimum atomic E-state index is -0.319. The third-order valence-corrected chi connectivity index (χ3v) is 2.76. The molecule has 0 spiro atoms. The van der Waals surface area contributed by atoms with E-state index in [-0.39, 0.29) is 18.1 Å². The lowest BCUT2D eigenvalue weighted by Crippen LogP contribution is -2.27. The molecule has 0 unspecified atom stereocenters. The molecule has 1 heterocycles. The van der Waals surface area contributed by atoms with E-state index < -0.39 is 0 Å². The van der Waals surface area contributed by atoms with Crippen molar-refractivity contribution < 1.29 is 9.53 Å². The molecule has 0 saturated heterocycles. The van der Waals surface area contributed by atoms with E-state index in [0.717, 1.165) is 10.2 Å². The topological polar surface area (TPSA) is 51.2 Å². The minimum absolute atomic E-state index is 0.0281. The van der Waals surface area contributed by atoms with Gasteiger partial charge in [0.1, 0.15) is 12.4 Å². The number of carbonyl (C=O) groups excluding carboxylic acids is 1. The van der Waals surface area contributed by atoms with Gasteiger partial charge in [0.05, 0.1) is 11.3 Å². The van der Waals surface area contributed by atoms with Crippen LogP contribution >= 0.6 is 15.9 Å². The van der Waals surface area contributed by atoms with Crippen LogP contribution < -0.4 is 5.32 Å². The number of nitrogens with one attached hydrogen (secondary N) is 1. The summed E-state index contributed by atoms with van der Waals surface area (Å²) >= 11 is 3.35. The second-order valence-corrected chi connectivity index (χ2v) is 5.57. The predicted octanol–water partition coefficient (Wildman–Crippen LogP) is 2.91. The zero-order valence-electron chi connectivity index (χ0n) is 10.5. The van der Waals surface area contributed by atoms with Crippen molar-refractivity contribution in [2.45, 2.75) is 33.3 Å². The number of ether oxygens (including phenoxy) is 1. The number of nitrogens with zero attached hydrogens (tertiary/aromatic N) is 1. The molecule has 0 aromatic carbocycles.